The van der Waals surface area contributed by atoms with E-state index in [1.165, 1.54) is 0 Å². The van der Waals surface area contributed by atoms with Crippen LogP contribution in [0.4, 0.5) is 5.82 Å². The molecule has 3 aliphatic rings. The third kappa shape index (κ3) is 7.01. The molecule has 0 unspecified atom stereocenters. The molecule has 9 nitrogen and oxygen atoms in total. The standard InChI is InChI=1S/C32H35N7O2/c1-4-5-6-7-23(2)30(40)38-31(3)12-14-39(15-13-31)28-9-8-24(19-36-28)27-16-26(41-22-32(21-35)10-11-32)20-37-29(27)25(17-33)18-34/h4-9,16-17,19-20,33,37H,2,10-15,22H2,1,3H3,(H,38,40)/b5-4-,7-6-,29-25+,33-17?. The first-order chi connectivity index (χ1) is 19.7. The van der Waals surface area contributed by atoms with Crippen molar-refractivity contribution < 1.29 is 9.53 Å². The minimum absolute atomic E-state index is 0.165. The summed E-state index contributed by atoms with van der Waals surface area (Å²) in [4.78, 5) is 19.5. The molecule has 1 amide bonds. The highest BCUT2D eigenvalue weighted by atomic mass is 16.5. The quantitative estimate of drug-likeness (QED) is 0.165. The summed E-state index contributed by atoms with van der Waals surface area (Å²) in [6, 6.07) is 8.27. The number of dihydropyridines is 1. The van der Waals surface area contributed by atoms with Gasteiger partial charge in [-0.15, -0.1) is 0 Å². The highest BCUT2D eigenvalue weighted by molar-refractivity contribution is 5.96. The number of amides is 1. The van der Waals surface area contributed by atoms with Gasteiger partial charge in [-0.2, -0.15) is 10.5 Å². The maximum absolute atomic E-state index is 12.6. The lowest BCUT2D eigenvalue weighted by Gasteiger charge is -2.40. The van der Waals surface area contributed by atoms with Crippen molar-refractivity contribution in [3.63, 3.8) is 0 Å². The number of rotatable bonds is 10. The molecule has 41 heavy (non-hydrogen) atoms. The summed E-state index contributed by atoms with van der Waals surface area (Å²) >= 11 is 0. The van der Waals surface area contributed by atoms with Crippen molar-refractivity contribution in [1.82, 2.24) is 15.6 Å². The van der Waals surface area contributed by atoms with Gasteiger partial charge in [-0.3, -0.25) is 4.79 Å². The number of piperidine rings is 1. The Labute approximate surface area is 241 Å². The first kappa shape index (κ1) is 29.1. The van der Waals surface area contributed by atoms with Crippen LogP contribution in [0.5, 0.6) is 0 Å². The summed E-state index contributed by atoms with van der Waals surface area (Å²) < 4.78 is 5.92. The number of hydrogen-bond acceptors (Lipinski definition) is 8. The van der Waals surface area contributed by atoms with Gasteiger partial charge in [0.2, 0.25) is 0 Å². The Bertz CT molecular complexity index is 1440. The fourth-order valence-electron chi connectivity index (χ4n) is 4.63. The van der Waals surface area contributed by atoms with Crippen LogP contribution in [-0.4, -0.2) is 42.3 Å². The van der Waals surface area contributed by atoms with E-state index in [0.29, 0.717) is 29.2 Å². The molecule has 3 N–H and O–H groups in total. The predicted molar refractivity (Wildman–Crippen MR) is 159 cm³/mol. The zero-order chi connectivity index (χ0) is 29.5. The molecule has 210 valence electrons. The van der Waals surface area contributed by atoms with Crippen LogP contribution in [0.15, 0.2) is 84.1 Å². The minimum atomic E-state index is -0.411. The van der Waals surface area contributed by atoms with E-state index in [9.17, 15) is 15.3 Å². The van der Waals surface area contributed by atoms with Crippen molar-refractivity contribution >= 4 is 23.5 Å². The fourth-order valence-corrected chi connectivity index (χ4v) is 4.63. The molecule has 0 spiro atoms. The highest BCUT2D eigenvalue weighted by Gasteiger charge is 2.44. The third-order valence-electron chi connectivity index (χ3n) is 7.61. The maximum atomic E-state index is 12.6. The summed E-state index contributed by atoms with van der Waals surface area (Å²) in [7, 11) is 0. The van der Waals surface area contributed by atoms with Crippen molar-refractivity contribution in [3.8, 4) is 12.1 Å². The zero-order valence-corrected chi connectivity index (χ0v) is 23.5. The summed E-state index contributed by atoms with van der Waals surface area (Å²) in [5.41, 5.74) is 1.80. The lowest BCUT2D eigenvalue weighted by molar-refractivity contribution is -0.119. The van der Waals surface area contributed by atoms with Gasteiger partial charge in [0.05, 0.1) is 22.8 Å². The Hall–Kier alpha value is -4.89. The molecule has 1 aromatic rings. The van der Waals surface area contributed by atoms with Gasteiger partial charge in [-0.1, -0.05) is 30.9 Å². The molecular formula is C32H35N7O2. The van der Waals surface area contributed by atoms with E-state index in [2.05, 4.69) is 41.2 Å². The Morgan fingerprint density at radius 3 is 2.61 bits per heavy atom. The van der Waals surface area contributed by atoms with Gasteiger partial charge >= 0.3 is 0 Å². The Balaban J connectivity index is 1.44. The Morgan fingerprint density at radius 1 is 1.27 bits per heavy atom. The molecule has 0 aromatic carbocycles. The van der Waals surface area contributed by atoms with Gasteiger partial charge in [0.1, 0.15) is 24.3 Å². The molecule has 2 fully saturated rings. The number of allylic oxidation sites excluding steroid dienone is 6. The van der Waals surface area contributed by atoms with Crippen LogP contribution in [0.3, 0.4) is 0 Å². The van der Waals surface area contributed by atoms with Gasteiger partial charge in [-0.05, 0) is 57.7 Å². The molecule has 0 radical (unpaired) electrons. The number of nitriles is 2. The number of pyridine rings is 1. The van der Waals surface area contributed by atoms with Crippen LogP contribution in [0.2, 0.25) is 0 Å². The second-order valence-electron chi connectivity index (χ2n) is 10.8. The first-order valence-electron chi connectivity index (χ1n) is 13.7. The maximum Gasteiger partial charge on any atom is 0.251 e. The molecule has 1 saturated heterocycles. The number of nitrogens with one attached hydrogen (secondary N) is 3. The predicted octanol–water partition coefficient (Wildman–Crippen LogP) is 4.82. The van der Waals surface area contributed by atoms with Gasteiger partial charge in [-0.25, -0.2) is 4.98 Å². The van der Waals surface area contributed by atoms with Gasteiger partial charge in [0.25, 0.3) is 5.91 Å². The van der Waals surface area contributed by atoms with Crippen molar-refractivity contribution in [2.75, 3.05) is 24.6 Å². The summed E-state index contributed by atoms with van der Waals surface area (Å²) in [5, 5.41) is 32.9. The van der Waals surface area contributed by atoms with Gasteiger partial charge in [0, 0.05) is 53.9 Å². The second kappa shape index (κ2) is 12.5. The average molecular weight is 550 g/mol. The minimum Gasteiger partial charge on any atom is -0.490 e. The number of carbonyl (C=O) groups is 1. The van der Waals surface area contributed by atoms with Gasteiger partial charge in [0.15, 0.2) is 0 Å². The van der Waals surface area contributed by atoms with E-state index in [0.717, 1.165) is 56.4 Å². The van der Waals surface area contributed by atoms with Crippen molar-refractivity contribution in [1.29, 1.82) is 15.9 Å². The molecule has 9 heteroatoms. The Morgan fingerprint density at radius 2 is 2.02 bits per heavy atom. The third-order valence-corrected chi connectivity index (χ3v) is 7.61. The van der Waals surface area contributed by atoms with Crippen molar-refractivity contribution in [3.05, 3.63) is 89.7 Å². The van der Waals surface area contributed by atoms with Crippen LogP contribution in [0.25, 0.3) is 5.57 Å². The van der Waals surface area contributed by atoms with E-state index in [-0.39, 0.29) is 17.0 Å². The first-order valence-corrected chi connectivity index (χ1v) is 13.7. The molecule has 0 atom stereocenters. The number of carbonyl (C=O) groups excluding carboxylic acids is 1. The molecular weight excluding hydrogens is 514 g/mol. The monoisotopic (exact) mass is 549 g/mol. The summed E-state index contributed by atoms with van der Waals surface area (Å²) in [6.07, 6.45) is 16.7. The number of ether oxygens (including phenoxy) is 1. The SMILES string of the molecule is C=C(/C=C\C=C/C)C(=O)NC1(C)CCN(c2ccc(C3=CC(OCC4(C#N)CC4)=CN/C3=C(/C#N)C=N)cn2)CC1. The number of anilines is 1. The lowest BCUT2D eigenvalue weighted by Crippen LogP contribution is -2.53. The second-order valence-corrected chi connectivity index (χ2v) is 10.8. The van der Waals surface area contributed by atoms with E-state index in [4.69, 9.17) is 15.1 Å². The van der Waals surface area contributed by atoms with Gasteiger partial charge < -0.3 is 25.7 Å². The van der Waals surface area contributed by atoms with Crippen LogP contribution in [-0.2, 0) is 9.53 Å². The van der Waals surface area contributed by atoms with E-state index < -0.39 is 5.41 Å². The van der Waals surface area contributed by atoms with Crippen LogP contribution >= 0.6 is 0 Å². The number of nitrogens with zero attached hydrogens (tertiary/aromatic N) is 4. The molecule has 3 heterocycles. The summed E-state index contributed by atoms with van der Waals surface area (Å²) in [6.45, 7) is 9.61. The molecule has 1 saturated carbocycles. The molecule has 1 aliphatic carbocycles. The van der Waals surface area contributed by atoms with Crippen molar-refractivity contribution in [2.24, 2.45) is 5.41 Å². The van der Waals surface area contributed by atoms with Crippen molar-refractivity contribution in [2.45, 2.75) is 45.1 Å². The van der Waals surface area contributed by atoms with Crippen LogP contribution in [0.1, 0.15) is 45.1 Å². The van der Waals surface area contributed by atoms with E-state index in [1.54, 1.807) is 24.5 Å². The van der Waals surface area contributed by atoms with Crippen LogP contribution < -0.4 is 15.5 Å². The smallest absolute Gasteiger partial charge is 0.251 e. The fraction of sp³-hybridized carbons (Fsp3) is 0.344. The lowest BCUT2D eigenvalue weighted by atomic mass is 9.89. The number of hydrogen-bond donors (Lipinski definition) is 3. The average Bonchev–Trinajstić information content (AvgIpc) is 3.78. The molecule has 4 rings (SSSR count). The molecule has 1 aromatic heterocycles. The Kier molecular flexibility index (Phi) is 8.89. The van der Waals surface area contributed by atoms with E-state index in [1.807, 2.05) is 37.3 Å². The normalized spacial score (nSPS) is 20.1. The highest BCUT2D eigenvalue weighted by Crippen LogP contribution is 2.45. The zero-order valence-electron chi connectivity index (χ0n) is 23.5. The summed E-state index contributed by atoms with van der Waals surface area (Å²) in [5.74, 6) is 1.20. The number of aromatic nitrogens is 1. The van der Waals surface area contributed by atoms with E-state index >= 15 is 0 Å². The molecule has 2 aliphatic heterocycles. The largest absolute Gasteiger partial charge is 0.490 e. The topological polar surface area (TPSA) is 138 Å². The van der Waals surface area contributed by atoms with Crippen LogP contribution in [0, 0.1) is 33.5 Å². The molecule has 0 bridgehead atoms.